The fraction of sp³-hybridized carbons (Fsp3) is 0.957. The van der Waals surface area contributed by atoms with E-state index in [0.717, 1.165) is 49.4 Å². The molecule has 3 nitrogen and oxygen atoms in total. The lowest BCUT2D eigenvalue weighted by atomic mass is 9.45. The Bertz CT molecular complexity index is 574. The van der Waals surface area contributed by atoms with E-state index in [1.54, 1.807) is 7.11 Å². The average molecular weight is 363 g/mol. The fourth-order valence-electron chi connectivity index (χ4n) is 8.54. The lowest BCUT2D eigenvalue weighted by Gasteiger charge is -2.61. The van der Waals surface area contributed by atoms with Crippen LogP contribution >= 0.6 is 0 Å². The predicted molar refractivity (Wildman–Crippen MR) is 103 cm³/mol. The van der Waals surface area contributed by atoms with Crippen LogP contribution in [-0.4, -0.2) is 30.2 Å². The summed E-state index contributed by atoms with van der Waals surface area (Å²) in [4.78, 5) is 12.2. The molecule has 1 N–H and O–H groups in total. The Labute approximate surface area is 159 Å². The van der Waals surface area contributed by atoms with Gasteiger partial charge >= 0.3 is 0 Å². The van der Waals surface area contributed by atoms with Gasteiger partial charge in [0.05, 0.1) is 12.2 Å². The molecular formula is C23H38O3. The first-order chi connectivity index (χ1) is 12.2. The lowest BCUT2D eigenvalue weighted by molar-refractivity contribution is -0.160. The molecule has 26 heavy (non-hydrogen) atoms. The molecule has 4 fully saturated rings. The minimum atomic E-state index is -0.622. The third-order valence-corrected chi connectivity index (χ3v) is 9.51. The number of Topliss-reactive ketones (excluding diaryl/α,β-unsaturated/α-hetero) is 1. The van der Waals surface area contributed by atoms with Crippen LogP contribution in [0.5, 0.6) is 0 Å². The summed E-state index contributed by atoms with van der Waals surface area (Å²) in [5, 5.41) is 11.0. The van der Waals surface area contributed by atoms with Gasteiger partial charge in [-0.3, -0.25) is 4.79 Å². The van der Waals surface area contributed by atoms with Crippen molar-refractivity contribution in [2.75, 3.05) is 13.7 Å². The van der Waals surface area contributed by atoms with Crippen molar-refractivity contribution in [3.8, 4) is 0 Å². The number of hydrogen-bond acceptors (Lipinski definition) is 3. The third-order valence-electron chi connectivity index (χ3n) is 9.51. The maximum absolute atomic E-state index is 12.2. The number of fused-ring (bicyclic) bond motifs is 5. The van der Waals surface area contributed by atoms with Crippen molar-refractivity contribution in [1.82, 2.24) is 0 Å². The molecule has 0 saturated heterocycles. The Morgan fingerprint density at radius 2 is 1.69 bits per heavy atom. The SMILES string of the molecule is COC[C@@]1(O)CC[C@@H]2C3CC[C@@]4(C)C(CC[C@@H]4C(C)=O)C3CCC2(C)C1. The summed E-state index contributed by atoms with van der Waals surface area (Å²) in [6.07, 6.45) is 10.4. The molecule has 4 rings (SSSR count). The highest BCUT2D eigenvalue weighted by Gasteiger charge is 2.60. The van der Waals surface area contributed by atoms with Crippen molar-refractivity contribution in [3.05, 3.63) is 0 Å². The van der Waals surface area contributed by atoms with Gasteiger partial charge in [-0.15, -0.1) is 0 Å². The smallest absolute Gasteiger partial charge is 0.133 e. The summed E-state index contributed by atoms with van der Waals surface area (Å²) in [6, 6.07) is 0. The second kappa shape index (κ2) is 6.30. The molecule has 0 aromatic rings. The molecule has 3 heteroatoms. The largest absolute Gasteiger partial charge is 0.387 e. The number of aliphatic hydroxyl groups is 1. The number of ketones is 1. The van der Waals surface area contributed by atoms with Gasteiger partial charge in [-0.25, -0.2) is 0 Å². The second-order valence-electron chi connectivity index (χ2n) is 10.9. The predicted octanol–water partition coefficient (Wildman–Crippen LogP) is 4.61. The molecule has 0 heterocycles. The summed E-state index contributed by atoms with van der Waals surface area (Å²) in [5.74, 6) is 3.85. The summed E-state index contributed by atoms with van der Waals surface area (Å²) in [6.45, 7) is 7.16. The molecule has 4 unspecified atom stereocenters. The molecule has 8 atom stereocenters. The van der Waals surface area contributed by atoms with Crippen LogP contribution in [0.15, 0.2) is 0 Å². The van der Waals surface area contributed by atoms with Crippen LogP contribution in [0.25, 0.3) is 0 Å². The maximum atomic E-state index is 12.2. The normalized spacial score (nSPS) is 53.5. The number of rotatable bonds is 3. The van der Waals surface area contributed by atoms with Crippen LogP contribution in [0.3, 0.4) is 0 Å². The average Bonchev–Trinajstić information content (AvgIpc) is 2.91. The standard InChI is InChI=1S/C23H38O3/c1-15(24)18-5-6-20-17-7-10-21(2)13-23(25,14-26-4)12-9-19(21)16(17)8-11-22(18,20)3/h16-20,25H,5-14H2,1-4H3/t16?,17?,18-,19-,20?,21?,22-,23-/m1/s1. The first-order valence-corrected chi connectivity index (χ1v) is 10.9. The zero-order chi connectivity index (χ0) is 18.7. The highest BCUT2D eigenvalue weighted by molar-refractivity contribution is 5.79. The van der Waals surface area contributed by atoms with Gasteiger partial charge in [-0.2, -0.15) is 0 Å². The van der Waals surface area contributed by atoms with Crippen molar-refractivity contribution < 1.29 is 14.6 Å². The van der Waals surface area contributed by atoms with Gasteiger partial charge in [-0.1, -0.05) is 13.8 Å². The van der Waals surface area contributed by atoms with Crippen LogP contribution in [0.4, 0.5) is 0 Å². The molecule has 0 spiro atoms. The molecule has 0 amide bonds. The van der Waals surface area contributed by atoms with Gasteiger partial charge in [0.15, 0.2) is 0 Å². The Kier molecular flexibility index (Phi) is 4.59. The van der Waals surface area contributed by atoms with Gasteiger partial charge < -0.3 is 9.84 Å². The van der Waals surface area contributed by atoms with Crippen LogP contribution < -0.4 is 0 Å². The van der Waals surface area contributed by atoms with E-state index in [1.807, 2.05) is 6.92 Å². The lowest BCUT2D eigenvalue weighted by Crippen LogP contribution is -2.56. The molecule has 148 valence electrons. The number of methoxy groups -OCH3 is 1. The van der Waals surface area contributed by atoms with Crippen LogP contribution in [0.1, 0.15) is 78.6 Å². The monoisotopic (exact) mass is 362 g/mol. The number of ether oxygens (including phenoxy) is 1. The van der Waals surface area contributed by atoms with E-state index < -0.39 is 5.60 Å². The second-order valence-corrected chi connectivity index (χ2v) is 10.9. The first-order valence-electron chi connectivity index (χ1n) is 10.9. The molecule has 0 aromatic carbocycles. The molecule has 0 aliphatic heterocycles. The molecule has 4 saturated carbocycles. The summed E-state index contributed by atoms with van der Waals surface area (Å²) in [7, 11) is 1.71. The van der Waals surface area contributed by atoms with E-state index in [-0.39, 0.29) is 10.8 Å². The molecule has 0 radical (unpaired) electrons. The van der Waals surface area contributed by atoms with Crippen molar-refractivity contribution in [2.24, 2.45) is 40.4 Å². The van der Waals surface area contributed by atoms with E-state index in [2.05, 4.69) is 13.8 Å². The Morgan fingerprint density at radius 3 is 2.38 bits per heavy atom. The van der Waals surface area contributed by atoms with Crippen molar-refractivity contribution in [1.29, 1.82) is 0 Å². The van der Waals surface area contributed by atoms with Gasteiger partial charge in [0.25, 0.3) is 0 Å². The van der Waals surface area contributed by atoms with Crippen LogP contribution in [-0.2, 0) is 9.53 Å². The van der Waals surface area contributed by atoms with Gasteiger partial charge in [-0.05, 0) is 99.2 Å². The molecule has 0 bridgehead atoms. The maximum Gasteiger partial charge on any atom is 0.133 e. The van der Waals surface area contributed by atoms with E-state index in [0.29, 0.717) is 18.3 Å². The molecular weight excluding hydrogens is 324 g/mol. The van der Waals surface area contributed by atoms with Crippen LogP contribution in [0, 0.1) is 40.4 Å². The highest BCUT2D eigenvalue weighted by atomic mass is 16.5. The topological polar surface area (TPSA) is 46.5 Å². The van der Waals surface area contributed by atoms with Gasteiger partial charge in [0, 0.05) is 13.0 Å². The summed E-state index contributed by atoms with van der Waals surface area (Å²) >= 11 is 0. The third kappa shape index (κ3) is 2.71. The van der Waals surface area contributed by atoms with Crippen molar-refractivity contribution in [2.45, 2.75) is 84.2 Å². The minimum Gasteiger partial charge on any atom is -0.387 e. The van der Waals surface area contributed by atoms with E-state index in [1.165, 1.54) is 32.1 Å². The number of carbonyl (C=O) groups excluding carboxylic acids is 1. The molecule has 4 aliphatic rings. The first kappa shape index (κ1) is 18.9. The van der Waals surface area contributed by atoms with E-state index >= 15 is 0 Å². The van der Waals surface area contributed by atoms with E-state index in [9.17, 15) is 9.90 Å². The molecule has 4 aliphatic carbocycles. The zero-order valence-electron chi connectivity index (χ0n) is 17.2. The number of carbonyl (C=O) groups is 1. The van der Waals surface area contributed by atoms with Crippen molar-refractivity contribution >= 4 is 5.78 Å². The fourth-order valence-corrected chi connectivity index (χ4v) is 8.54. The minimum absolute atomic E-state index is 0.256. The van der Waals surface area contributed by atoms with Crippen molar-refractivity contribution in [3.63, 3.8) is 0 Å². The number of hydrogen-bond donors (Lipinski definition) is 1. The Morgan fingerprint density at radius 1 is 1.00 bits per heavy atom. The Hall–Kier alpha value is -0.410. The zero-order valence-corrected chi connectivity index (χ0v) is 17.2. The molecule has 0 aromatic heterocycles. The van der Waals surface area contributed by atoms with E-state index in [4.69, 9.17) is 4.74 Å². The van der Waals surface area contributed by atoms with Crippen LogP contribution in [0.2, 0.25) is 0 Å². The quantitative estimate of drug-likeness (QED) is 0.797. The summed E-state index contributed by atoms with van der Waals surface area (Å²) < 4.78 is 5.34. The summed E-state index contributed by atoms with van der Waals surface area (Å²) in [5.41, 5.74) is -0.103. The highest BCUT2D eigenvalue weighted by Crippen LogP contribution is 2.67. The van der Waals surface area contributed by atoms with Gasteiger partial charge in [0.2, 0.25) is 0 Å². The van der Waals surface area contributed by atoms with Gasteiger partial charge in [0.1, 0.15) is 5.78 Å². The Balaban J connectivity index is 1.56.